The molecule has 2 rings (SSSR count). The molecule has 0 spiro atoms. The fraction of sp³-hybridized carbons (Fsp3) is 0.267. The Morgan fingerprint density at radius 1 is 1.38 bits per heavy atom. The van der Waals surface area contributed by atoms with Gasteiger partial charge in [-0.3, -0.25) is 4.79 Å². The van der Waals surface area contributed by atoms with E-state index < -0.39 is 23.1 Å². The monoisotopic (exact) mass is 311 g/mol. The molecule has 6 heteroatoms. The number of carbonyl (C=O) groups is 1. The summed E-state index contributed by atoms with van der Waals surface area (Å²) in [5.74, 6) is -2.20. The van der Waals surface area contributed by atoms with Gasteiger partial charge >= 0.3 is 0 Å². The molecule has 0 saturated carbocycles. The fourth-order valence-electron chi connectivity index (χ4n) is 1.84. The second-order valence-electron chi connectivity index (χ2n) is 5.02. The van der Waals surface area contributed by atoms with Gasteiger partial charge < -0.3 is 10.4 Å². The summed E-state index contributed by atoms with van der Waals surface area (Å²) < 4.78 is 27.1. The molecule has 21 heavy (non-hydrogen) atoms. The highest BCUT2D eigenvalue weighted by molar-refractivity contribution is 7.10. The van der Waals surface area contributed by atoms with Crippen LogP contribution in [-0.4, -0.2) is 17.6 Å². The lowest BCUT2D eigenvalue weighted by atomic mass is 10.0. The van der Waals surface area contributed by atoms with Gasteiger partial charge in [0.25, 0.3) is 5.91 Å². The van der Waals surface area contributed by atoms with Crippen LogP contribution in [-0.2, 0) is 5.60 Å². The van der Waals surface area contributed by atoms with Gasteiger partial charge in [-0.05, 0) is 43.0 Å². The van der Waals surface area contributed by atoms with E-state index in [1.54, 1.807) is 24.4 Å². The Morgan fingerprint density at radius 3 is 2.71 bits per heavy atom. The lowest BCUT2D eigenvalue weighted by Gasteiger charge is -2.22. The third-order valence-electron chi connectivity index (χ3n) is 3.14. The normalized spacial score (nSPS) is 13.8. The first-order valence-electron chi connectivity index (χ1n) is 6.31. The number of nitrogens with one attached hydrogen (secondary N) is 1. The standard InChI is InChI=1S/C15H15F2NO2S/c1-9-6-12(17)10(7-11(9)16)14(19)18-8-15(2,20)13-4-3-5-21-13/h3-7,20H,8H2,1-2H3,(H,18,19). The van der Waals surface area contributed by atoms with Crippen LogP contribution in [0.4, 0.5) is 8.78 Å². The first-order chi connectivity index (χ1) is 9.81. The molecular weight excluding hydrogens is 296 g/mol. The van der Waals surface area contributed by atoms with Crippen LogP contribution >= 0.6 is 11.3 Å². The van der Waals surface area contributed by atoms with Gasteiger partial charge in [0.2, 0.25) is 0 Å². The molecule has 1 atom stereocenters. The second kappa shape index (κ2) is 5.91. The van der Waals surface area contributed by atoms with Crippen molar-refractivity contribution in [2.75, 3.05) is 6.54 Å². The van der Waals surface area contributed by atoms with Gasteiger partial charge in [-0.1, -0.05) is 6.07 Å². The third kappa shape index (κ3) is 3.46. The van der Waals surface area contributed by atoms with Gasteiger partial charge in [0, 0.05) is 4.88 Å². The lowest BCUT2D eigenvalue weighted by molar-refractivity contribution is 0.0555. The summed E-state index contributed by atoms with van der Waals surface area (Å²) in [6.07, 6.45) is 0. The average molecular weight is 311 g/mol. The molecule has 1 heterocycles. The number of halogens is 2. The first-order valence-corrected chi connectivity index (χ1v) is 7.19. The van der Waals surface area contributed by atoms with Crippen molar-refractivity contribution in [1.82, 2.24) is 5.32 Å². The Hall–Kier alpha value is -1.79. The number of benzene rings is 1. The molecule has 0 aliphatic heterocycles. The zero-order valence-corrected chi connectivity index (χ0v) is 12.4. The molecule has 0 fully saturated rings. The predicted molar refractivity (Wildman–Crippen MR) is 77.3 cm³/mol. The highest BCUT2D eigenvalue weighted by Gasteiger charge is 2.25. The van der Waals surface area contributed by atoms with Crippen LogP contribution in [0.15, 0.2) is 29.6 Å². The Bertz CT molecular complexity index is 654. The minimum absolute atomic E-state index is 0.0960. The Morgan fingerprint density at radius 2 is 2.10 bits per heavy atom. The number of carbonyl (C=O) groups excluding carboxylic acids is 1. The number of thiophene rings is 1. The van der Waals surface area contributed by atoms with Crippen molar-refractivity contribution in [3.05, 3.63) is 57.3 Å². The van der Waals surface area contributed by atoms with Crippen LogP contribution < -0.4 is 5.32 Å². The molecule has 0 radical (unpaired) electrons. The SMILES string of the molecule is Cc1cc(F)c(C(=O)NCC(C)(O)c2cccs2)cc1F. The van der Waals surface area contributed by atoms with Gasteiger partial charge in [0.05, 0.1) is 12.1 Å². The molecule has 2 aromatic rings. The fourth-order valence-corrected chi connectivity index (χ4v) is 2.63. The van der Waals surface area contributed by atoms with E-state index in [9.17, 15) is 18.7 Å². The Balaban J connectivity index is 2.11. The number of aliphatic hydroxyl groups is 1. The topological polar surface area (TPSA) is 49.3 Å². The van der Waals surface area contributed by atoms with Crippen LogP contribution in [0, 0.1) is 18.6 Å². The maximum atomic E-state index is 13.7. The van der Waals surface area contributed by atoms with Crippen LogP contribution in [0.2, 0.25) is 0 Å². The van der Waals surface area contributed by atoms with E-state index in [0.717, 1.165) is 12.1 Å². The zero-order chi connectivity index (χ0) is 15.6. The molecule has 2 N–H and O–H groups in total. The summed E-state index contributed by atoms with van der Waals surface area (Å²) in [7, 11) is 0. The highest BCUT2D eigenvalue weighted by atomic mass is 32.1. The lowest BCUT2D eigenvalue weighted by Crippen LogP contribution is -2.38. The van der Waals surface area contributed by atoms with Crippen LogP contribution in [0.3, 0.4) is 0 Å². The third-order valence-corrected chi connectivity index (χ3v) is 4.26. The summed E-state index contributed by atoms with van der Waals surface area (Å²) >= 11 is 1.35. The van der Waals surface area contributed by atoms with E-state index in [1.807, 2.05) is 0 Å². The van der Waals surface area contributed by atoms with E-state index >= 15 is 0 Å². The van der Waals surface area contributed by atoms with E-state index in [-0.39, 0.29) is 17.7 Å². The summed E-state index contributed by atoms with van der Waals surface area (Å²) in [6, 6.07) is 5.36. The maximum Gasteiger partial charge on any atom is 0.254 e. The molecule has 1 unspecified atom stereocenters. The Labute approximate surface area is 125 Å². The molecule has 1 aromatic carbocycles. The molecule has 0 bridgehead atoms. The van der Waals surface area contributed by atoms with Crippen molar-refractivity contribution >= 4 is 17.2 Å². The van der Waals surface area contributed by atoms with Gasteiger partial charge in [-0.25, -0.2) is 8.78 Å². The molecule has 0 aliphatic rings. The maximum absolute atomic E-state index is 13.7. The molecule has 3 nitrogen and oxygen atoms in total. The van der Waals surface area contributed by atoms with E-state index in [1.165, 1.54) is 18.3 Å². The minimum Gasteiger partial charge on any atom is -0.383 e. The summed E-state index contributed by atoms with van der Waals surface area (Å²) in [4.78, 5) is 12.6. The first kappa shape index (κ1) is 15.6. The molecule has 0 saturated heterocycles. The van der Waals surface area contributed by atoms with Crippen molar-refractivity contribution in [3.63, 3.8) is 0 Å². The second-order valence-corrected chi connectivity index (χ2v) is 5.96. The quantitative estimate of drug-likeness (QED) is 0.912. The van der Waals surface area contributed by atoms with Crippen LogP contribution in [0.5, 0.6) is 0 Å². The predicted octanol–water partition coefficient (Wildman–Crippen LogP) is 2.97. The average Bonchev–Trinajstić information content (AvgIpc) is 2.95. The van der Waals surface area contributed by atoms with Gasteiger partial charge in [-0.15, -0.1) is 11.3 Å². The van der Waals surface area contributed by atoms with Crippen molar-refractivity contribution in [2.24, 2.45) is 0 Å². The van der Waals surface area contributed by atoms with Crippen molar-refractivity contribution in [1.29, 1.82) is 0 Å². The van der Waals surface area contributed by atoms with Crippen LogP contribution in [0.25, 0.3) is 0 Å². The largest absolute Gasteiger partial charge is 0.383 e. The number of aryl methyl sites for hydroxylation is 1. The van der Waals surface area contributed by atoms with Gasteiger partial charge in [-0.2, -0.15) is 0 Å². The minimum atomic E-state index is -1.26. The molecule has 1 amide bonds. The number of amides is 1. The van der Waals surface area contributed by atoms with Gasteiger partial charge in [0.15, 0.2) is 0 Å². The molecule has 1 aromatic heterocycles. The zero-order valence-electron chi connectivity index (χ0n) is 11.6. The van der Waals surface area contributed by atoms with E-state index in [2.05, 4.69) is 5.32 Å². The summed E-state index contributed by atoms with van der Waals surface area (Å²) in [5, 5.41) is 14.5. The van der Waals surface area contributed by atoms with Crippen molar-refractivity contribution in [2.45, 2.75) is 19.4 Å². The number of hydrogen-bond donors (Lipinski definition) is 2. The smallest absolute Gasteiger partial charge is 0.254 e. The van der Waals surface area contributed by atoms with Crippen molar-refractivity contribution in [3.8, 4) is 0 Å². The molecule has 0 aliphatic carbocycles. The van der Waals surface area contributed by atoms with Gasteiger partial charge in [0.1, 0.15) is 17.2 Å². The molecule has 112 valence electrons. The number of rotatable bonds is 4. The highest BCUT2D eigenvalue weighted by Crippen LogP contribution is 2.24. The van der Waals surface area contributed by atoms with Crippen molar-refractivity contribution < 1.29 is 18.7 Å². The number of hydrogen-bond acceptors (Lipinski definition) is 3. The van der Waals surface area contributed by atoms with Crippen LogP contribution in [0.1, 0.15) is 27.7 Å². The van der Waals surface area contributed by atoms with E-state index in [0.29, 0.717) is 4.88 Å². The molecular formula is C15H15F2NO2S. The summed E-state index contributed by atoms with van der Waals surface area (Å²) in [5.41, 5.74) is -1.50. The van der Waals surface area contributed by atoms with E-state index in [4.69, 9.17) is 0 Å². The summed E-state index contributed by atoms with van der Waals surface area (Å²) in [6.45, 7) is 2.87. The Kier molecular flexibility index (Phi) is 4.39.